The number of esters is 1. The number of hydrogen-bond donors (Lipinski definition) is 3. The molecule has 0 fully saturated rings. The minimum Gasteiger partial charge on any atom is -0.457 e. The molecule has 18 heavy (non-hydrogen) atoms. The Bertz CT molecular complexity index is 499. The summed E-state index contributed by atoms with van der Waals surface area (Å²) in [5.74, 6) is -1.09. The third kappa shape index (κ3) is 2.34. The van der Waals surface area contributed by atoms with Crippen molar-refractivity contribution in [2.75, 3.05) is 0 Å². The average molecular weight is 251 g/mol. The van der Waals surface area contributed by atoms with E-state index in [2.05, 4.69) is 0 Å². The zero-order chi connectivity index (χ0) is 13.3. The number of aliphatic hydroxyl groups excluding tert-OH is 2. The maximum absolute atomic E-state index is 11.2. The predicted molar refractivity (Wildman–Crippen MR) is 60.3 cm³/mol. The van der Waals surface area contributed by atoms with Crippen LogP contribution in [0, 0.1) is 0 Å². The summed E-state index contributed by atoms with van der Waals surface area (Å²) in [6.07, 6.45) is -2.81. The number of nitrogens with two attached hydrogens (primary N) is 1. The molecule has 6 heteroatoms. The van der Waals surface area contributed by atoms with Gasteiger partial charge in [0.25, 0.3) is 0 Å². The summed E-state index contributed by atoms with van der Waals surface area (Å²) in [7, 11) is 0. The summed E-state index contributed by atoms with van der Waals surface area (Å²) in [5.41, 5.74) is 6.47. The van der Waals surface area contributed by atoms with Gasteiger partial charge in [-0.05, 0) is 17.7 Å². The summed E-state index contributed by atoms with van der Waals surface area (Å²) >= 11 is 0. The van der Waals surface area contributed by atoms with E-state index in [1.54, 1.807) is 6.07 Å². The van der Waals surface area contributed by atoms with E-state index < -0.39 is 24.1 Å². The van der Waals surface area contributed by atoms with Crippen LogP contribution in [0.4, 0.5) is 0 Å². The molecule has 2 unspecified atom stereocenters. The molecular formula is C12H13NO5. The minimum absolute atomic E-state index is 0.153. The lowest BCUT2D eigenvalue weighted by atomic mass is 9.98. The Balaban J connectivity index is 2.19. The summed E-state index contributed by atoms with van der Waals surface area (Å²) in [6, 6.07) is 4.62. The normalized spacial score (nSPS) is 16.9. The van der Waals surface area contributed by atoms with Crippen molar-refractivity contribution >= 4 is 11.9 Å². The van der Waals surface area contributed by atoms with Crippen LogP contribution in [0.25, 0.3) is 0 Å². The Kier molecular flexibility index (Phi) is 3.31. The molecule has 0 spiro atoms. The SMILES string of the molecule is NC(=O)CC(O)C(O)c1ccc2c(c1)COC2=O. The summed E-state index contributed by atoms with van der Waals surface area (Å²) in [4.78, 5) is 21.9. The van der Waals surface area contributed by atoms with Crippen molar-refractivity contribution in [2.45, 2.75) is 25.2 Å². The van der Waals surface area contributed by atoms with Crippen molar-refractivity contribution in [2.24, 2.45) is 5.73 Å². The van der Waals surface area contributed by atoms with Crippen LogP contribution >= 0.6 is 0 Å². The van der Waals surface area contributed by atoms with Crippen LogP contribution < -0.4 is 5.73 Å². The van der Waals surface area contributed by atoms with Gasteiger partial charge in [-0.3, -0.25) is 4.79 Å². The molecule has 2 atom stereocenters. The lowest BCUT2D eigenvalue weighted by Crippen LogP contribution is -2.25. The Morgan fingerprint density at radius 1 is 1.44 bits per heavy atom. The lowest BCUT2D eigenvalue weighted by Gasteiger charge is -2.17. The van der Waals surface area contributed by atoms with Gasteiger partial charge in [-0.2, -0.15) is 0 Å². The molecule has 96 valence electrons. The van der Waals surface area contributed by atoms with Gasteiger partial charge in [0.05, 0.1) is 18.1 Å². The first kappa shape index (κ1) is 12.5. The molecule has 1 aliphatic heterocycles. The van der Waals surface area contributed by atoms with Crippen LogP contribution in [-0.4, -0.2) is 28.2 Å². The van der Waals surface area contributed by atoms with Crippen molar-refractivity contribution in [3.05, 3.63) is 34.9 Å². The molecule has 0 aromatic heterocycles. The molecule has 1 heterocycles. The molecule has 4 N–H and O–H groups in total. The van der Waals surface area contributed by atoms with E-state index in [0.29, 0.717) is 16.7 Å². The van der Waals surface area contributed by atoms with Gasteiger partial charge in [0.1, 0.15) is 12.7 Å². The average Bonchev–Trinajstić information content (AvgIpc) is 2.69. The smallest absolute Gasteiger partial charge is 0.338 e. The van der Waals surface area contributed by atoms with Gasteiger partial charge in [0.2, 0.25) is 5.91 Å². The highest BCUT2D eigenvalue weighted by Gasteiger charge is 2.25. The van der Waals surface area contributed by atoms with Crippen LogP contribution in [-0.2, 0) is 16.1 Å². The third-order valence-electron chi connectivity index (χ3n) is 2.82. The van der Waals surface area contributed by atoms with Crippen LogP contribution in [0.3, 0.4) is 0 Å². The second kappa shape index (κ2) is 4.75. The van der Waals surface area contributed by atoms with Gasteiger partial charge >= 0.3 is 5.97 Å². The molecular weight excluding hydrogens is 238 g/mol. The van der Waals surface area contributed by atoms with E-state index in [1.165, 1.54) is 12.1 Å². The zero-order valence-electron chi connectivity index (χ0n) is 9.50. The zero-order valence-corrected chi connectivity index (χ0v) is 9.50. The lowest BCUT2D eigenvalue weighted by molar-refractivity contribution is -0.121. The van der Waals surface area contributed by atoms with Crippen LogP contribution in [0.1, 0.15) is 34.0 Å². The molecule has 1 aromatic rings. The number of amides is 1. The Labute approximate surface area is 103 Å². The van der Waals surface area contributed by atoms with Crippen molar-refractivity contribution in [1.29, 1.82) is 0 Å². The Morgan fingerprint density at radius 2 is 2.17 bits per heavy atom. The molecule has 1 aromatic carbocycles. The quantitative estimate of drug-likeness (QED) is 0.632. The molecule has 0 radical (unpaired) electrons. The summed E-state index contributed by atoms with van der Waals surface area (Å²) in [6.45, 7) is 0.153. The number of carbonyl (C=O) groups excluding carboxylic acids is 2. The largest absolute Gasteiger partial charge is 0.457 e. The highest BCUT2D eigenvalue weighted by molar-refractivity contribution is 5.93. The summed E-state index contributed by atoms with van der Waals surface area (Å²) in [5, 5.41) is 19.4. The van der Waals surface area contributed by atoms with E-state index in [1.807, 2.05) is 0 Å². The Morgan fingerprint density at radius 3 is 2.83 bits per heavy atom. The van der Waals surface area contributed by atoms with Gasteiger partial charge in [-0.1, -0.05) is 6.07 Å². The molecule has 0 saturated carbocycles. The van der Waals surface area contributed by atoms with Gasteiger partial charge in [0, 0.05) is 5.56 Å². The van der Waals surface area contributed by atoms with Gasteiger partial charge in [0.15, 0.2) is 0 Å². The molecule has 2 rings (SSSR count). The van der Waals surface area contributed by atoms with Crippen molar-refractivity contribution in [3.63, 3.8) is 0 Å². The predicted octanol–water partition coefficient (Wildman–Crippen LogP) is -0.373. The first-order valence-corrected chi connectivity index (χ1v) is 5.43. The highest BCUT2D eigenvalue weighted by atomic mass is 16.5. The van der Waals surface area contributed by atoms with Gasteiger partial charge in [-0.15, -0.1) is 0 Å². The fourth-order valence-electron chi connectivity index (χ4n) is 1.88. The topological polar surface area (TPSA) is 110 Å². The number of cyclic esters (lactones) is 1. The molecule has 6 nitrogen and oxygen atoms in total. The van der Waals surface area contributed by atoms with Crippen molar-refractivity contribution in [3.8, 4) is 0 Å². The van der Waals surface area contributed by atoms with Gasteiger partial charge in [-0.25, -0.2) is 4.79 Å². The second-order valence-corrected chi connectivity index (χ2v) is 4.18. The number of benzene rings is 1. The van der Waals surface area contributed by atoms with E-state index in [-0.39, 0.29) is 13.0 Å². The number of carbonyl (C=O) groups is 2. The van der Waals surface area contributed by atoms with E-state index in [0.717, 1.165) is 0 Å². The minimum atomic E-state index is -1.27. The standard InChI is InChI=1S/C12H13NO5/c13-10(15)4-9(14)11(16)6-1-2-8-7(3-6)5-18-12(8)17/h1-3,9,11,14,16H,4-5H2,(H2,13,15). The van der Waals surface area contributed by atoms with E-state index in [9.17, 15) is 19.8 Å². The monoisotopic (exact) mass is 251 g/mol. The second-order valence-electron chi connectivity index (χ2n) is 4.18. The molecule has 1 amide bonds. The van der Waals surface area contributed by atoms with Crippen LogP contribution in [0.2, 0.25) is 0 Å². The fourth-order valence-corrected chi connectivity index (χ4v) is 1.88. The van der Waals surface area contributed by atoms with Crippen LogP contribution in [0.5, 0.6) is 0 Å². The Hall–Kier alpha value is -1.92. The molecule has 0 aliphatic carbocycles. The number of fused-ring (bicyclic) bond motifs is 1. The van der Waals surface area contributed by atoms with Gasteiger partial charge < -0.3 is 20.7 Å². The van der Waals surface area contributed by atoms with Crippen LogP contribution in [0.15, 0.2) is 18.2 Å². The maximum Gasteiger partial charge on any atom is 0.338 e. The van der Waals surface area contributed by atoms with Crippen molar-refractivity contribution < 1.29 is 24.5 Å². The molecule has 1 aliphatic rings. The highest BCUT2D eigenvalue weighted by Crippen LogP contribution is 2.26. The number of ether oxygens (including phenoxy) is 1. The van der Waals surface area contributed by atoms with E-state index in [4.69, 9.17) is 10.5 Å². The molecule has 0 saturated heterocycles. The fraction of sp³-hybridized carbons (Fsp3) is 0.333. The number of aliphatic hydroxyl groups is 2. The first-order valence-electron chi connectivity index (χ1n) is 5.43. The van der Waals surface area contributed by atoms with E-state index >= 15 is 0 Å². The summed E-state index contributed by atoms with van der Waals surface area (Å²) < 4.78 is 4.83. The third-order valence-corrected chi connectivity index (χ3v) is 2.82. The first-order chi connectivity index (χ1) is 8.49. The van der Waals surface area contributed by atoms with Crippen molar-refractivity contribution in [1.82, 2.24) is 0 Å². The maximum atomic E-state index is 11.2. The molecule has 0 bridgehead atoms. The number of primary amides is 1. The number of rotatable bonds is 4. The number of hydrogen-bond acceptors (Lipinski definition) is 5.